The van der Waals surface area contributed by atoms with E-state index >= 15 is 0 Å². The number of aromatic nitrogens is 2. The summed E-state index contributed by atoms with van der Waals surface area (Å²) in [7, 11) is 3.06. The van der Waals surface area contributed by atoms with Crippen molar-refractivity contribution < 1.29 is 18.7 Å². The summed E-state index contributed by atoms with van der Waals surface area (Å²) in [5, 5.41) is 5.84. The molecule has 2 aromatic carbocycles. The number of rotatable bonds is 7. The molecule has 144 valence electrons. The number of halogens is 1. The molecule has 0 radical (unpaired) electrons. The Kier molecular flexibility index (Phi) is 6.01. The molecule has 0 saturated heterocycles. The van der Waals surface area contributed by atoms with Crippen molar-refractivity contribution in [2.24, 2.45) is 0 Å². The van der Waals surface area contributed by atoms with Gasteiger partial charge in [0.25, 0.3) is 5.91 Å². The Morgan fingerprint density at radius 3 is 2.54 bits per heavy atom. The fourth-order valence-corrected chi connectivity index (χ4v) is 2.46. The summed E-state index contributed by atoms with van der Waals surface area (Å²) in [4.78, 5) is 20.7. The van der Waals surface area contributed by atoms with Gasteiger partial charge in [0.2, 0.25) is 0 Å². The fourth-order valence-electron chi connectivity index (χ4n) is 2.46. The lowest BCUT2D eigenvalue weighted by Gasteiger charge is -2.12. The highest BCUT2D eigenvalue weighted by Gasteiger charge is 2.13. The number of carbonyl (C=O) groups is 1. The van der Waals surface area contributed by atoms with Crippen LogP contribution in [0, 0.1) is 5.82 Å². The van der Waals surface area contributed by atoms with Crippen molar-refractivity contribution in [1.29, 1.82) is 0 Å². The van der Waals surface area contributed by atoms with Crippen molar-refractivity contribution in [2.75, 3.05) is 24.9 Å². The first-order valence-corrected chi connectivity index (χ1v) is 8.43. The van der Waals surface area contributed by atoms with E-state index < -0.39 is 5.91 Å². The van der Waals surface area contributed by atoms with Crippen LogP contribution in [0.5, 0.6) is 11.5 Å². The number of carbonyl (C=O) groups excluding carboxylic acids is 1. The SMILES string of the molecule is COc1ccc(NC(=O)c2cc(NCc3ccc(F)cc3)ncn2)c(OC)c1. The molecule has 0 saturated carbocycles. The maximum Gasteiger partial charge on any atom is 0.274 e. The standard InChI is InChI=1S/C20H19FN4O3/c1-27-15-7-8-16(18(9-15)28-2)25-20(26)17-10-19(24-12-23-17)22-11-13-3-5-14(21)6-4-13/h3-10,12H,11H2,1-2H3,(H,25,26)(H,22,23,24). The van der Waals surface area contributed by atoms with E-state index in [4.69, 9.17) is 9.47 Å². The minimum absolute atomic E-state index is 0.189. The predicted octanol–water partition coefficient (Wildman–Crippen LogP) is 3.50. The second-order valence-corrected chi connectivity index (χ2v) is 5.79. The highest BCUT2D eigenvalue weighted by molar-refractivity contribution is 6.04. The summed E-state index contributed by atoms with van der Waals surface area (Å²) >= 11 is 0. The molecule has 0 aliphatic carbocycles. The van der Waals surface area contributed by atoms with E-state index in [0.717, 1.165) is 5.56 Å². The van der Waals surface area contributed by atoms with E-state index in [-0.39, 0.29) is 11.5 Å². The number of anilines is 2. The van der Waals surface area contributed by atoms with Crippen molar-refractivity contribution in [2.45, 2.75) is 6.54 Å². The van der Waals surface area contributed by atoms with Gasteiger partial charge in [-0.3, -0.25) is 4.79 Å². The topological polar surface area (TPSA) is 85.4 Å². The number of amides is 1. The van der Waals surface area contributed by atoms with Gasteiger partial charge in [-0.25, -0.2) is 14.4 Å². The smallest absolute Gasteiger partial charge is 0.274 e. The molecule has 8 heteroatoms. The summed E-state index contributed by atoms with van der Waals surface area (Å²) in [6, 6.07) is 12.7. The Bertz CT molecular complexity index is 964. The summed E-state index contributed by atoms with van der Waals surface area (Å²) in [5.74, 6) is 0.862. The van der Waals surface area contributed by atoms with Crippen LogP contribution in [0.3, 0.4) is 0 Å². The van der Waals surface area contributed by atoms with E-state index in [9.17, 15) is 9.18 Å². The van der Waals surface area contributed by atoms with Crippen LogP contribution in [0.25, 0.3) is 0 Å². The predicted molar refractivity (Wildman–Crippen MR) is 103 cm³/mol. The molecule has 0 atom stereocenters. The van der Waals surface area contributed by atoms with Crippen LogP contribution in [-0.4, -0.2) is 30.1 Å². The Hall–Kier alpha value is -3.68. The van der Waals surface area contributed by atoms with Gasteiger partial charge >= 0.3 is 0 Å². The molecule has 1 amide bonds. The molecule has 1 heterocycles. The molecule has 3 aromatic rings. The van der Waals surface area contributed by atoms with E-state index in [1.165, 1.54) is 31.6 Å². The molecule has 1 aromatic heterocycles. The van der Waals surface area contributed by atoms with Gasteiger partial charge < -0.3 is 20.1 Å². The third-order valence-electron chi connectivity index (χ3n) is 3.94. The fraction of sp³-hybridized carbons (Fsp3) is 0.150. The average molecular weight is 382 g/mol. The third kappa shape index (κ3) is 4.73. The Balaban J connectivity index is 1.69. The van der Waals surface area contributed by atoms with Crippen LogP contribution in [0.1, 0.15) is 16.1 Å². The summed E-state index contributed by atoms with van der Waals surface area (Å²) < 4.78 is 23.4. The molecular formula is C20H19FN4O3. The number of nitrogens with zero attached hydrogens (tertiary/aromatic N) is 2. The van der Waals surface area contributed by atoms with Gasteiger partial charge in [-0.15, -0.1) is 0 Å². The first kappa shape index (κ1) is 19.1. The van der Waals surface area contributed by atoms with Crippen LogP contribution in [0.4, 0.5) is 15.9 Å². The van der Waals surface area contributed by atoms with Gasteiger partial charge in [-0.2, -0.15) is 0 Å². The normalized spacial score (nSPS) is 10.2. The summed E-state index contributed by atoms with van der Waals surface area (Å²) in [6.07, 6.45) is 1.30. The number of hydrogen-bond donors (Lipinski definition) is 2. The van der Waals surface area contributed by atoms with E-state index in [0.29, 0.717) is 29.5 Å². The minimum atomic E-state index is -0.407. The highest BCUT2D eigenvalue weighted by atomic mass is 19.1. The molecule has 0 fully saturated rings. The van der Waals surface area contributed by atoms with Gasteiger partial charge in [0.1, 0.15) is 35.2 Å². The first-order chi connectivity index (χ1) is 13.6. The Morgan fingerprint density at radius 2 is 1.82 bits per heavy atom. The number of ether oxygens (including phenoxy) is 2. The van der Waals surface area contributed by atoms with Gasteiger partial charge in [-0.05, 0) is 29.8 Å². The van der Waals surface area contributed by atoms with Crippen molar-refractivity contribution in [3.05, 3.63) is 71.9 Å². The van der Waals surface area contributed by atoms with E-state index in [1.54, 1.807) is 37.4 Å². The average Bonchev–Trinajstić information content (AvgIpc) is 2.73. The number of nitrogens with one attached hydrogen (secondary N) is 2. The lowest BCUT2D eigenvalue weighted by atomic mass is 10.2. The van der Waals surface area contributed by atoms with Crippen molar-refractivity contribution in [1.82, 2.24) is 9.97 Å². The highest BCUT2D eigenvalue weighted by Crippen LogP contribution is 2.29. The molecule has 0 spiro atoms. The molecule has 0 aliphatic heterocycles. The van der Waals surface area contributed by atoms with E-state index in [1.807, 2.05) is 0 Å². The van der Waals surface area contributed by atoms with Gasteiger partial charge in [-0.1, -0.05) is 12.1 Å². The second-order valence-electron chi connectivity index (χ2n) is 5.79. The maximum atomic E-state index is 13.0. The summed E-state index contributed by atoms with van der Waals surface area (Å²) in [5.41, 5.74) is 1.57. The van der Waals surface area contributed by atoms with E-state index in [2.05, 4.69) is 20.6 Å². The van der Waals surface area contributed by atoms with Crippen LogP contribution in [0.2, 0.25) is 0 Å². The molecule has 7 nitrogen and oxygen atoms in total. The van der Waals surface area contributed by atoms with Gasteiger partial charge in [0, 0.05) is 18.7 Å². The molecular weight excluding hydrogens is 363 g/mol. The van der Waals surface area contributed by atoms with Crippen molar-refractivity contribution in [3.63, 3.8) is 0 Å². The van der Waals surface area contributed by atoms with Crippen molar-refractivity contribution >= 4 is 17.4 Å². The largest absolute Gasteiger partial charge is 0.497 e. The zero-order valence-corrected chi connectivity index (χ0v) is 15.4. The molecule has 2 N–H and O–H groups in total. The molecule has 0 bridgehead atoms. The molecule has 0 unspecified atom stereocenters. The molecule has 3 rings (SSSR count). The van der Waals surface area contributed by atoms with Crippen LogP contribution in [-0.2, 0) is 6.54 Å². The number of benzene rings is 2. The zero-order chi connectivity index (χ0) is 19.9. The quantitative estimate of drug-likeness (QED) is 0.651. The first-order valence-electron chi connectivity index (χ1n) is 8.43. The Labute approximate surface area is 161 Å². The zero-order valence-electron chi connectivity index (χ0n) is 15.4. The monoisotopic (exact) mass is 382 g/mol. The second kappa shape index (κ2) is 8.81. The summed E-state index contributed by atoms with van der Waals surface area (Å²) in [6.45, 7) is 0.435. The maximum absolute atomic E-state index is 13.0. The number of methoxy groups -OCH3 is 2. The van der Waals surface area contributed by atoms with Crippen LogP contribution < -0.4 is 20.1 Å². The molecule has 0 aliphatic rings. The minimum Gasteiger partial charge on any atom is -0.497 e. The van der Waals surface area contributed by atoms with Gasteiger partial charge in [0.05, 0.1) is 19.9 Å². The van der Waals surface area contributed by atoms with Gasteiger partial charge in [0.15, 0.2) is 0 Å². The lowest BCUT2D eigenvalue weighted by Crippen LogP contribution is -2.15. The van der Waals surface area contributed by atoms with Crippen LogP contribution >= 0.6 is 0 Å². The van der Waals surface area contributed by atoms with Crippen molar-refractivity contribution in [3.8, 4) is 11.5 Å². The number of hydrogen-bond acceptors (Lipinski definition) is 6. The molecule has 28 heavy (non-hydrogen) atoms. The van der Waals surface area contributed by atoms with Crippen LogP contribution in [0.15, 0.2) is 54.9 Å². The Morgan fingerprint density at radius 1 is 1.04 bits per heavy atom. The lowest BCUT2D eigenvalue weighted by molar-refractivity contribution is 0.102. The third-order valence-corrected chi connectivity index (χ3v) is 3.94.